The molecular formula is C11H17N. The molecule has 0 amide bonds. The van der Waals surface area contributed by atoms with Gasteiger partial charge < -0.3 is 0 Å². The van der Waals surface area contributed by atoms with E-state index in [1.165, 1.54) is 0 Å². The fourth-order valence-electron chi connectivity index (χ4n) is 0.492. The molecule has 66 valence electrons. The second-order valence-electron chi connectivity index (χ2n) is 1.98. The molecule has 0 atom stereocenters. The highest BCUT2D eigenvalue weighted by molar-refractivity contribution is 6.07. The van der Waals surface area contributed by atoms with Crippen molar-refractivity contribution in [2.45, 2.75) is 13.8 Å². The summed E-state index contributed by atoms with van der Waals surface area (Å²) in [5, 5.41) is 0. The Balaban J connectivity index is 0. The molecule has 0 aromatic heterocycles. The molecule has 0 aromatic carbocycles. The molecular weight excluding hydrogens is 146 g/mol. The summed E-state index contributed by atoms with van der Waals surface area (Å²) in [6.07, 6.45) is 5.29. The van der Waals surface area contributed by atoms with Gasteiger partial charge in [-0.2, -0.15) is 0 Å². The predicted molar refractivity (Wildman–Crippen MR) is 58.5 cm³/mol. The van der Waals surface area contributed by atoms with Crippen LogP contribution in [0.1, 0.15) is 13.8 Å². The van der Waals surface area contributed by atoms with Gasteiger partial charge in [-0.1, -0.05) is 19.2 Å². The van der Waals surface area contributed by atoms with Gasteiger partial charge in [0.05, 0.1) is 5.71 Å². The van der Waals surface area contributed by atoms with E-state index in [0.717, 1.165) is 11.3 Å². The highest BCUT2D eigenvalue weighted by atomic mass is 14.7. The third-order valence-corrected chi connectivity index (χ3v) is 0.993. The Morgan fingerprint density at radius 3 is 2.08 bits per heavy atom. The van der Waals surface area contributed by atoms with E-state index in [9.17, 15) is 0 Å². The van der Waals surface area contributed by atoms with Gasteiger partial charge in [0.2, 0.25) is 0 Å². The molecule has 0 fully saturated rings. The van der Waals surface area contributed by atoms with E-state index < -0.39 is 0 Å². The fourth-order valence-corrected chi connectivity index (χ4v) is 0.492. The molecule has 0 heterocycles. The quantitative estimate of drug-likeness (QED) is 0.446. The number of hydrogen-bond acceptors (Lipinski definition) is 1. The van der Waals surface area contributed by atoms with Crippen molar-refractivity contribution >= 4 is 5.71 Å². The second kappa shape index (κ2) is 9.63. The Bertz CT molecular complexity index is 197. The van der Waals surface area contributed by atoms with E-state index in [-0.39, 0.29) is 0 Å². The van der Waals surface area contributed by atoms with Gasteiger partial charge >= 0.3 is 0 Å². The number of rotatable bonds is 3. The first-order chi connectivity index (χ1) is 5.72. The average Bonchev–Trinajstić information content (AvgIpc) is 2.09. The van der Waals surface area contributed by atoms with Crippen LogP contribution in [0.2, 0.25) is 0 Å². The number of nitrogens with zero attached hydrogens (tertiary/aromatic N) is 1. The van der Waals surface area contributed by atoms with Crippen molar-refractivity contribution in [3.63, 3.8) is 0 Å². The zero-order valence-electron chi connectivity index (χ0n) is 8.01. The van der Waals surface area contributed by atoms with Crippen LogP contribution < -0.4 is 0 Å². The third-order valence-electron chi connectivity index (χ3n) is 0.993. The van der Waals surface area contributed by atoms with E-state index >= 15 is 0 Å². The summed E-state index contributed by atoms with van der Waals surface area (Å²) in [7, 11) is 0. The van der Waals surface area contributed by atoms with E-state index in [1.807, 2.05) is 19.9 Å². The second-order valence-corrected chi connectivity index (χ2v) is 1.98. The predicted octanol–water partition coefficient (Wildman–Crippen LogP) is 3.53. The smallest absolute Gasteiger partial charge is 0.0646 e. The molecule has 0 rings (SSSR count). The monoisotopic (exact) mass is 163 g/mol. The Kier molecular flexibility index (Phi) is 10.6. The average molecular weight is 163 g/mol. The Morgan fingerprint density at radius 2 is 1.83 bits per heavy atom. The Morgan fingerprint density at radius 1 is 1.33 bits per heavy atom. The van der Waals surface area contributed by atoms with Crippen LogP contribution in [0.15, 0.2) is 55.2 Å². The minimum Gasteiger partial charge on any atom is -0.257 e. The first kappa shape index (κ1) is 13.2. The van der Waals surface area contributed by atoms with Crippen LogP contribution >= 0.6 is 0 Å². The van der Waals surface area contributed by atoms with Crippen LogP contribution in [0.25, 0.3) is 0 Å². The van der Waals surface area contributed by atoms with Gasteiger partial charge in [-0.15, -0.1) is 13.2 Å². The first-order valence-corrected chi connectivity index (χ1v) is 3.69. The molecule has 1 heteroatoms. The van der Waals surface area contributed by atoms with E-state index in [1.54, 1.807) is 12.3 Å². The van der Waals surface area contributed by atoms with E-state index in [4.69, 9.17) is 0 Å². The molecule has 0 aromatic rings. The zero-order chi connectivity index (χ0) is 9.98. The summed E-state index contributed by atoms with van der Waals surface area (Å²) in [6, 6.07) is 0. The lowest BCUT2D eigenvalue weighted by Gasteiger charge is -1.93. The lowest BCUT2D eigenvalue weighted by molar-refractivity contribution is 1.49. The maximum absolute atomic E-state index is 4.08. The first-order valence-electron chi connectivity index (χ1n) is 3.69. The molecule has 0 saturated carbocycles. The topological polar surface area (TPSA) is 12.4 Å². The van der Waals surface area contributed by atoms with Crippen LogP contribution in [0, 0.1) is 0 Å². The fraction of sp³-hybridized carbons (Fsp3) is 0.182. The molecule has 0 N–H and O–H groups in total. The lowest BCUT2D eigenvalue weighted by atomic mass is 10.2. The van der Waals surface area contributed by atoms with Crippen LogP contribution in [-0.2, 0) is 0 Å². The van der Waals surface area contributed by atoms with Gasteiger partial charge in [-0.05, 0) is 25.5 Å². The minimum atomic E-state index is 0.845. The lowest BCUT2D eigenvalue weighted by Crippen LogP contribution is -1.91. The van der Waals surface area contributed by atoms with Gasteiger partial charge in [-0.25, -0.2) is 0 Å². The van der Waals surface area contributed by atoms with Gasteiger partial charge in [0.15, 0.2) is 0 Å². The van der Waals surface area contributed by atoms with Crippen molar-refractivity contribution in [2.24, 2.45) is 4.99 Å². The Hall–Kier alpha value is -1.37. The molecule has 1 nitrogen and oxygen atoms in total. The van der Waals surface area contributed by atoms with Gasteiger partial charge in [0.25, 0.3) is 0 Å². The summed E-state index contributed by atoms with van der Waals surface area (Å²) >= 11 is 0. The van der Waals surface area contributed by atoms with Gasteiger partial charge in [0, 0.05) is 6.20 Å². The largest absolute Gasteiger partial charge is 0.257 e. The standard InChI is InChI=1S/C9H13N.C2H4/c1-5-7-10-9(6-2)8(3)4;1-2/h5-7H,2-3H2,1,4H3;1-2H2/b7-5-,10-9?;. The van der Waals surface area contributed by atoms with E-state index in [0.29, 0.717) is 0 Å². The normalized spacial score (nSPS) is 10.3. The summed E-state index contributed by atoms with van der Waals surface area (Å²) in [5.41, 5.74) is 1.78. The highest BCUT2D eigenvalue weighted by Gasteiger charge is 1.88. The SMILES string of the molecule is C=C.C=CC(=N/C=C\C)C(=C)C. The summed E-state index contributed by atoms with van der Waals surface area (Å²) in [6.45, 7) is 17.2. The summed E-state index contributed by atoms with van der Waals surface area (Å²) in [5.74, 6) is 0. The van der Waals surface area contributed by atoms with Gasteiger partial charge in [-0.3, -0.25) is 4.99 Å². The maximum Gasteiger partial charge on any atom is 0.0646 e. The van der Waals surface area contributed by atoms with Crippen LogP contribution in [-0.4, -0.2) is 5.71 Å². The molecule has 0 saturated heterocycles. The van der Waals surface area contributed by atoms with Crippen LogP contribution in [0.5, 0.6) is 0 Å². The summed E-state index contributed by atoms with van der Waals surface area (Å²) < 4.78 is 0. The molecule has 0 bridgehead atoms. The van der Waals surface area contributed by atoms with Crippen molar-refractivity contribution in [3.05, 3.63) is 50.2 Å². The maximum atomic E-state index is 4.08. The molecule has 0 radical (unpaired) electrons. The van der Waals surface area contributed by atoms with Gasteiger partial charge in [0.1, 0.15) is 0 Å². The molecule has 12 heavy (non-hydrogen) atoms. The minimum absolute atomic E-state index is 0.845. The van der Waals surface area contributed by atoms with E-state index in [2.05, 4.69) is 31.3 Å². The summed E-state index contributed by atoms with van der Waals surface area (Å²) in [4.78, 5) is 4.08. The molecule has 0 unspecified atom stereocenters. The Labute approximate surface area is 75.5 Å². The number of hydrogen-bond donors (Lipinski definition) is 0. The third kappa shape index (κ3) is 6.75. The molecule has 0 aliphatic carbocycles. The van der Waals surface area contributed by atoms with Crippen molar-refractivity contribution in [1.29, 1.82) is 0 Å². The highest BCUT2D eigenvalue weighted by Crippen LogP contribution is 1.94. The van der Waals surface area contributed by atoms with Crippen molar-refractivity contribution in [3.8, 4) is 0 Å². The number of allylic oxidation sites excluding steroid dienone is 3. The zero-order valence-corrected chi connectivity index (χ0v) is 8.01. The molecule has 0 aliphatic rings. The molecule has 0 spiro atoms. The number of aliphatic imine (C=N–C) groups is 1. The van der Waals surface area contributed by atoms with Crippen molar-refractivity contribution in [2.75, 3.05) is 0 Å². The van der Waals surface area contributed by atoms with Crippen LogP contribution in [0.4, 0.5) is 0 Å². The molecule has 0 aliphatic heterocycles. The van der Waals surface area contributed by atoms with Crippen LogP contribution in [0.3, 0.4) is 0 Å². The van der Waals surface area contributed by atoms with Crippen molar-refractivity contribution < 1.29 is 0 Å². The van der Waals surface area contributed by atoms with Crippen molar-refractivity contribution in [1.82, 2.24) is 0 Å².